The Kier molecular flexibility index (Phi) is 4.52. The summed E-state index contributed by atoms with van der Waals surface area (Å²) in [5.74, 6) is 1.66. The first kappa shape index (κ1) is 18.1. The molecule has 4 N–H and O–H groups in total. The number of nitrogen functional groups attached to an aromatic ring is 2. The van der Waals surface area contributed by atoms with Crippen LogP contribution < -0.4 is 20.9 Å². The normalized spacial score (nSPS) is 11.4. The fourth-order valence-electron chi connectivity index (χ4n) is 3.43. The number of hydrogen-bond donors (Lipinski definition) is 2. The molecule has 2 aromatic carbocycles. The molecule has 0 saturated heterocycles. The Balaban J connectivity index is 2.06. The number of aryl methyl sites for hydroxylation is 1. The lowest BCUT2D eigenvalue weighted by Gasteiger charge is -2.15. The zero-order valence-electron chi connectivity index (χ0n) is 16.1. The third kappa shape index (κ3) is 2.80. The summed E-state index contributed by atoms with van der Waals surface area (Å²) in [4.78, 5) is 9.14. The quantitative estimate of drug-likeness (QED) is 0.311. The van der Waals surface area contributed by atoms with Crippen molar-refractivity contribution in [3.63, 3.8) is 0 Å². The molecule has 4 rings (SSSR count). The lowest BCUT2D eigenvalue weighted by Crippen LogP contribution is -2.05. The highest BCUT2D eigenvalue weighted by molar-refractivity contribution is 6.21. The average Bonchev–Trinajstić information content (AvgIpc) is 2.70. The summed E-state index contributed by atoms with van der Waals surface area (Å²) in [6.45, 7) is 2.85. The van der Waals surface area contributed by atoms with Gasteiger partial charge in [0.1, 0.15) is 12.4 Å². The molecule has 0 spiro atoms. The van der Waals surface area contributed by atoms with Crippen molar-refractivity contribution in [3.8, 4) is 11.5 Å². The fourth-order valence-corrected chi connectivity index (χ4v) is 3.43. The van der Waals surface area contributed by atoms with E-state index in [1.165, 1.54) is 0 Å². The van der Waals surface area contributed by atoms with Gasteiger partial charge in [0.05, 0.1) is 24.8 Å². The van der Waals surface area contributed by atoms with E-state index < -0.39 is 0 Å². The van der Waals surface area contributed by atoms with Gasteiger partial charge in [-0.1, -0.05) is 6.07 Å². The van der Waals surface area contributed by atoms with E-state index in [0.29, 0.717) is 36.2 Å². The zero-order chi connectivity index (χ0) is 19.8. The van der Waals surface area contributed by atoms with E-state index in [1.54, 1.807) is 20.4 Å². The summed E-state index contributed by atoms with van der Waals surface area (Å²) < 4.78 is 16.4. The van der Waals surface area contributed by atoms with E-state index in [-0.39, 0.29) is 0 Å². The number of pyridine rings is 2. The van der Waals surface area contributed by atoms with Gasteiger partial charge in [-0.05, 0) is 24.6 Å². The van der Waals surface area contributed by atoms with E-state index in [2.05, 4.69) is 9.97 Å². The van der Waals surface area contributed by atoms with Crippen molar-refractivity contribution in [2.75, 3.05) is 38.9 Å². The number of fused-ring (bicyclic) bond motifs is 5. The van der Waals surface area contributed by atoms with Crippen molar-refractivity contribution in [1.29, 1.82) is 0 Å². The Morgan fingerprint density at radius 1 is 0.964 bits per heavy atom. The predicted molar refractivity (Wildman–Crippen MR) is 112 cm³/mol. The molecule has 0 radical (unpaired) electrons. The number of hydrogen-bond acceptors (Lipinski definition) is 7. The average molecular weight is 378 g/mol. The highest BCUT2D eigenvalue weighted by atomic mass is 16.5. The van der Waals surface area contributed by atoms with Gasteiger partial charge in [0.15, 0.2) is 11.5 Å². The standard InChI is InChI=1S/C21H22N4O3/c1-11-15(22)5-4-12-19-13-8-17(27-3)18(28-7-6-26-2)9-16(13)24-10-14(19)21(23)25-20(11)12/h4-5,8-10H,6-7,22H2,1-3H3,(H2,23,25). The molecule has 0 amide bonds. The van der Waals surface area contributed by atoms with Crippen molar-refractivity contribution in [3.05, 3.63) is 36.0 Å². The first-order valence-corrected chi connectivity index (χ1v) is 8.91. The summed E-state index contributed by atoms with van der Waals surface area (Å²) >= 11 is 0. The minimum atomic E-state index is 0.421. The second kappa shape index (κ2) is 7.01. The largest absolute Gasteiger partial charge is 0.493 e. The molecule has 7 heteroatoms. The first-order valence-electron chi connectivity index (χ1n) is 8.91. The van der Waals surface area contributed by atoms with Crippen molar-refractivity contribution in [1.82, 2.24) is 9.97 Å². The van der Waals surface area contributed by atoms with Crippen LogP contribution in [-0.2, 0) is 4.74 Å². The van der Waals surface area contributed by atoms with E-state index in [9.17, 15) is 0 Å². The van der Waals surface area contributed by atoms with Crippen LogP contribution in [-0.4, -0.2) is 37.4 Å². The van der Waals surface area contributed by atoms with Gasteiger partial charge in [0.25, 0.3) is 0 Å². The number of ether oxygens (including phenoxy) is 3. The number of rotatable bonds is 5. The van der Waals surface area contributed by atoms with E-state index in [0.717, 1.165) is 38.1 Å². The maximum Gasteiger partial charge on any atom is 0.163 e. The third-order valence-electron chi connectivity index (χ3n) is 4.95. The van der Waals surface area contributed by atoms with Crippen LogP contribution >= 0.6 is 0 Å². The van der Waals surface area contributed by atoms with Crippen LogP contribution in [0.4, 0.5) is 11.5 Å². The topological polar surface area (TPSA) is 106 Å². The number of aromatic nitrogens is 2. The lowest BCUT2D eigenvalue weighted by molar-refractivity contribution is 0.144. The van der Waals surface area contributed by atoms with Crippen molar-refractivity contribution in [2.45, 2.75) is 6.92 Å². The van der Waals surface area contributed by atoms with Crippen LogP contribution in [0.3, 0.4) is 0 Å². The molecule has 0 bridgehead atoms. The summed E-state index contributed by atoms with van der Waals surface area (Å²) in [5.41, 5.74) is 15.5. The monoisotopic (exact) mass is 378 g/mol. The molecule has 2 heterocycles. The van der Waals surface area contributed by atoms with Gasteiger partial charge in [-0.3, -0.25) is 4.98 Å². The molecule has 0 fully saturated rings. The maximum absolute atomic E-state index is 6.25. The molecule has 28 heavy (non-hydrogen) atoms. The highest BCUT2D eigenvalue weighted by Crippen LogP contribution is 2.39. The zero-order valence-corrected chi connectivity index (χ0v) is 16.1. The second-order valence-electron chi connectivity index (χ2n) is 6.58. The van der Waals surface area contributed by atoms with Crippen LogP contribution in [0.25, 0.3) is 32.6 Å². The molecular weight excluding hydrogens is 356 g/mol. The van der Waals surface area contributed by atoms with Crippen LogP contribution in [0.1, 0.15) is 5.56 Å². The summed E-state index contributed by atoms with van der Waals surface area (Å²) in [5, 5.41) is 3.65. The van der Waals surface area contributed by atoms with Crippen molar-refractivity contribution >= 4 is 44.1 Å². The number of nitrogens with two attached hydrogens (primary N) is 2. The van der Waals surface area contributed by atoms with Gasteiger partial charge in [-0.25, -0.2) is 4.98 Å². The molecule has 0 aliphatic rings. The number of benzene rings is 2. The summed E-state index contributed by atoms with van der Waals surface area (Å²) in [6.07, 6.45) is 1.75. The minimum absolute atomic E-state index is 0.421. The van der Waals surface area contributed by atoms with E-state index in [1.807, 2.05) is 31.2 Å². The Morgan fingerprint density at radius 2 is 1.79 bits per heavy atom. The minimum Gasteiger partial charge on any atom is -0.493 e. The molecule has 0 unspecified atom stereocenters. The number of nitrogens with zero attached hydrogens (tertiary/aromatic N) is 2. The maximum atomic E-state index is 6.25. The molecule has 0 aliphatic carbocycles. The number of methoxy groups -OCH3 is 2. The fraction of sp³-hybridized carbons (Fsp3) is 0.238. The van der Waals surface area contributed by atoms with Crippen LogP contribution in [0.5, 0.6) is 11.5 Å². The van der Waals surface area contributed by atoms with Crippen LogP contribution in [0.2, 0.25) is 0 Å². The first-order chi connectivity index (χ1) is 13.5. The molecular formula is C21H22N4O3. The lowest BCUT2D eigenvalue weighted by atomic mass is 9.99. The number of anilines is 2. The van der Waals surface area contributed by atoms with Gasteiger partial charge < -0.3 is 25.7 Å². The highest BCUT2D eigenvalue weighted by Gasteiger charge is 2.16. The Labute approximate surface area is 162 Å². The van der Waals surface area contributed by atoms with Gasteiger partial charge in [-0.15, -0.1) is 0 Å². The molecule has 0 atom stereocenters. The van der Waals surface area contributed by atoms with Gasteiger partial charge in [0, 0.05) is 46.6 Å². The third-order valence-corrected chi connectivity index (χ3v) is 4.95. The molecule has 0 saturated carbocycles. The van der Waals surface area contributed by atoms with Crippen molar-refractivity contribution < 1.29 is 14.2 Å². The predicted octanol–water partition coefficient (Wildman–Crippen LogP) is 3.44. The second-order valence-corrected chi connectivity index (χ2v) is 6.58. The molecule has 7 nitrogen and oxygen atoms in total. The van der Waals surface area contributed by atoms with Gasteiger partial charge >= 0.3 is 0 Å². The molecule has 4 aromatic rings. The molecule has 2 aromatic heterocycles. The smallest absolute Gasteiger partial charge is 0.163 e. The molecule has 0 aliphatic heterocycles. The summed E-state index contributed by atoms with van der Waals surface area (Å²) in [6, 6.07) is 7.66. The SMILES string of the molecule is COCCOc1cc2ncc3c(N)nc4c(C)c(N)ccc4c3c2cc1OC. The van der Waals surface area contributed by atoms with Gasteiger partial charge in [-0.2, -0.15) is 0 Å². The Hall–Kier alpha value is -3.32. The van der Waals surface area contributed by atoms with Crippen LogP contribution in [0, 0.1) is 6.92 Å². The Morgan fingerprint density at radius 3 is 2.54 bits per heavy atom. The Bertz CT molecular complexity index is 1210. The van der Waals surface area contributed by atoms with E-state index in [4.69, 9.17) is 25.7 Å². The van der Waals surface area contributed by atoms with Crippen molar-refractivity contribution in [2.24, 2.45) is 0 Å². The van der Waals surface area contributed by atoms with Gasteiger partial charge in [0.2, 0.25) is 0 Å². The van der Waals surface area contributed by atoms with Crippen LogP contribution in [0.15, 0.2) is 30.5 Å². The summed E-state index contributed by atoms with van der Waals surface area (Å²) in [7, 11) is 3.24. The molecule has 144 valence electrons. The van der Waals surface area contributed by atoms with E-state index >= 15 is 0 Å².